The van der Waals surface area contributed by atoms with Crippen LogP contribution in [0.1, 0.15) is 369 Å². The Morgan fingerprint density at radius 1 is 0.326 bits per heavy atom. The van der Waals surface area contributed by atoms with Gasteiger partial charge in [-0.2, -0.15) is 0 Å². The first-order valence-electron chi connectivity index (χ1n) is 38.8. The van der Waals surface area contributed by atoms with Crippen molar-refractivity contribution >= 4 is 39.5 Å². The van der Waals surface area contributed by atoms with Gasteiger partial charge >= 0.3 is 39.5 Å². The topological polar surface area (TPSA) is 237 Å². The molecule has 0 aliphatic carbocycles. The highest BCUT2D eigenvalue weighted by Gasteiger charge is 2.30. The Hall–Kier alpha value is -2.46. The van der Waals surface area contributed by atoms with Crippen molar-refractivity contribution in [2.75, 3.05) is 39.6 Å². The van der Waals surface area contributed by atoms with Gasteiger partial charge in [-0.05, 0) is 63.2 Å². The molecule has 5 atom stereocenters. The first-order valence-corrected chi connectivity index (χ1v) is 41.8. The number of hydrogen-bond donors (Lipinski definition) is 3. The van der Waals surface area contributed by atoms with Gasteiger partial charge in [-0.15, -0.1) is 0 Å². The molecule has 0 aromatic heterocycles. The maximum absolute atomic E-state index is 13.1. The predicted molar refractivity (Wildman–Crippen MR) is 386 cm³/mol. The Balaban J connectivity index is 5.27. The molecule has 0 aromatic rings. The summed E-state index contributed by atoms with van der Waals surface area (Å²) in [6.45, 7) is 9.46. The summed E-state index contributed by atoms with van der Waals surface area (Å²) in [5, 5.41) is 10.6. The van der Waals surface area contributed by atoms with Crippen molar-refractivity contribution in [2.24, 2.45) is 11.8 Å². The number of carbonyl (C=O) groups excluding carboxylic acids is 4. The van der Waals surface area contributed by atoms with Crippen molar-refractivity contribution in [3.05, 3.63) is 24.3 Å². The zero-order valence-electron chi connectivity index (χ0n) is 61.5. The number of aliphatic hydroxyl groups is 1. The zero-order valence-corrected chi connectivity index (χ0v) is 63.2. The molecule has 3 N–H and O–H groups in total. The van der Waals surface area contributed by atoms with E-state index >= 15 is 0 Å². The van der Waals surface area contributed by atoms with Gasteiger partial charge in [-0.25, -0.2) is 9.13 Å². The van der Waals surface area contributed by atoms with E-state index in [9.17, 15) is 43.2 Å². The molecule has 560 valence electrons. The highest BCUT2D eigenvalue weighted by atomic mass is 31.2. The molecule has 0 rings (SSSR count). The number of phosphoric acid groups is 2. The van der Waals surface area contributed by atoms with Crippen LogP contribution in [0, 0.1) is 11.8 Å². The molecule has 0 amide bonds. The fourth-order valence-electron chi connectivity index (χ4n) is 11.1. The molecule has 0 aromatic carbocycles. The van der Waals surface area contributed by atoms with Gasteiger partial charge in [0.15, 0.2) is 12.2 Å². The van der Waals surface area contributed by atoms with Crippen molar-refractivity contribution in [1.29, 1.82) is 0 Å². The van der Waals surface area contributed by atoms with Gasteiger partial charge in [0.2, 0.25) is 0 Å². The molecule has 0 bridgehead atoms. The van der Waals surface area contributed by atoms with Crippen LogP contribution in [0.2, 0.25) is 0 Å². The van der Waals surface area contributed by atoms with Crippen LogP contribution in [0.5, 0.6) is 0 Å². The minimum atomic E-state index is -4.96. The molecule has 0 saturated carbocycles. The van der Waals surface area contributed by atoms with E-state index in [1.54, 1.807) is 0 Å². The Labute approximate surface area is 580 Å². The molecular weight excluding hydrogens is 1250 g/mol. The minimum absolute atomic E-state index is 0.100. The average molecular weight is 1390 g/mol. The van der Waals surface area contributed by atoms with Gasteiger partial charge in [0.05, 0.1) is 26.4 Å². The standard InChI is InChI=1S/C76H144O17P2/c1-7-9-11-13-15-17-19-21-23-27-31-35-39-46-52-58-73(78)86-64-71(92-75(80)61-55-49-41-37-33-29-25-26-30-34-38-44-50-56-68(3)4)66-90-94(82,83)88-62-70(77)63-89-95(84,85)91-67-72(65-87-74(79)59-53-47-43-42-45-51-57-69(5)6)93-76(81)60-54-48-40-36-32-28-24-22-20-18-16-14-12-10-8-2/h17,19,21,23,68-72,77H,7-16,18,20,22,24-67H2,1-6H3,(H,82,83)(H,84,85)/b19-17-,23-21-/t70-,71-,72-/m1/s1. The van der Waals surface area contributed by atoms with E-state index in [-0.39, 0.29) is 25.7 Å². The van der Waals surface area contributed by atoms with E-state index in [2.05, 4.69) is 65.8 Å². The molecule has 0 saturated heterocycles. The predicted octanol–water partition coefficient (Wildman–Crippen LogP) is 21.9. The number of rotatable bonds is 73. The van der Waals surface area contributed by atoms with Gasteiger partial charge in [-0.1, -0.05) is 316 Å². The van der Waals surface area contributed by atoms with E-state index in [4.69, 9.17) is 37.0 Å². The van der Waals surface area contributed by atoms with Crippen LogP contribution in [-0.4, -0.2) is 96.7 Å². The summed E-state index contributed by atoms with van der Waals surface area (Å²) in [5.41, 5.74) is 0. The number of esters is 4. The second-order valence-electron chi connectivity index (χ2n) is 27.7. The normalized spacial score (nSPS) is 14.2. The van der Waals surface area contributed by atoms with Gasteiger partial charge in [-0.3, -0.25) is 37.3 Å². The molecule has 0 fully saturated rings. The second-order valence-corrected chi connectivity index (χ2v) is 30.6. The van der Waals surface area contributed by atoms with Crippen LogP contribution in [0.15, 0.2) is 24.3 Å². The van der Waals surface area contributed by atoms with Gasteiger partial charge in [0.25, 0.3) is 0 Å². The van der Waals surface area contributed by atoms with Gasteiger partial charge in [0.1, 0.15) is 19.3 Å². The van der Waals surface area contributed by atoms with Crippen molar-refractivity contribution in [3.8, 4) is 0 Å². The fraction of sp³-hybridized carbons (Fsp3) is 0.895. The van der Waals surface area contributed by atoms with E-state index in [0.717, 1.165) is 121 Å². The van der Waals surface area contributed by atoms with Crippen molar-refractivity contribution < 1.29 is 80.2 Å². The zero-order chi connectivity index (χ0) is 70.0. The lowest BCUT2D eigenvalue weighted by atomic mass is 10.0. The third-order valence-electron chi connectivity index (χ3n) is 17.1. The van der Waals surface area contributed by atoms with Crippen LogP contribution < -0.4 is 0 Å². The number of phosphoric ester groups is 2. The van der Waals surface area contributed by atoms with Crippen molar-refractivity contribution in [3.63, 3.8) is 0 Å². The summed E-state index contributed by atoms with van der Waals surface area (Å²) in [7, 11) is -9.92. The quantitative estimate of drug-likeness (QED) is 0.0169. The summed E-state index contributed by atoms with van der Waals surface area (Å²) in [4.78, 5) is 72.8. The number of carbonyl (C=O) groups is 4. The summed E-state index contributed by atoms with van der Waals surface area (Å²) >= 11 is 0. The van der Waals surface area contributed by atoms with E-state index in [1.165, 1.54) is 161 Å². The molecule has 0 heterocycles. The number of hydrogen-bond acceptors (Lipinski definition) is 15. The molecule has 0 radical (unpaired) electrons. The average Bonchev–Trinajstić information content (AvgIpc) is 1.88. The smallest absolute Gasteiger partial charge is 0.462 e. The number of aliphatic hydroxyl groups excluding tert-OH is 1. The summed E-state index contributed by atoms with van der Waals surface area (Å²) in [5.74, 6) is -0.685. The number of unbranched alkanes of at least 4 members (excludes halogenated alkanes) is 40. The second kappa shape index (κ2) is 67.4. The van der Waals surface area contributed by atoms with E-state index in [0.29, 0.717) is 31.6 Å². The first kappa shape index (κ1) is 92.5. The van der Waals surface area contributed by atoms with Crippen molar-refractivity contribution in [1.82, 2.24) is 0 Å². The maximum Gasteiger partial charge on any atom is 0.472 e. The molecule has 19 heteroatoms. The first-order chi connectivity index (χ1) is 45.9. The Morgan fingerprint density at radius 3 is 0.863 bits per heavy atom. The SMILES string of the molecule is CCCCCC/C=C\C=C/CCCCCCCC(=O)OC[C@H](COP(=O)(O)OC[C@@H](O)COP(=O)(O)OC[C@@H](COC(=O)CCCCCCCCC(C)C)OC(=O)CCCCCCCCCCCCCCCCC)OC(=O)CCCCCCCCCCCCCCCC(C)C. The number of allylic oxidation sites excluding steroid dienone is 4. The van der Waals surface area contributed by atoms with Crippen LogP contribution >= 0.6 is 15.6 Å². The lowest BCUT2D eigenvalue weighted by Crippen LogP contribution is -2.30. The van der Waals surface area contributed by atoms with E-state index in [1.807, 2.05) is 0 Å². The third kappa shape index (κ3) is 69.8. The minimum Gasteiger partial charge on any atom is -0.462 e. The third-order valence-corrected chi connectivity index (χ3v) is 19.0. The van der Waals surface area contributed by atoms with Gasteiger partial charge < -0.3 is 33.8 Å². The van der Waals surface area contributed by atoms with Crippen LogP contribution in [0.3, 0.4) is 0 Å². The lowest BCUT2D eigenvalue weighted by Gasteiger charge is -2.21. The Bertz CT molecular complexity index is 1930. The van der Waals surface area contributed by atoms with E-state index < -0.39 is 97.5 Å². The van der Waals surface area contributed by atoms with Crippen LogP contribution in [-0.2, 0) is 65.4 Å². The molecule has 0 spiro atoms. The van der Waals surface area contributed by atoms with Crippen molar-refractivity contribution in [2.45, 2.75) is 387 Å². The molecule has 0 aliphatic heterocycles. The van der Waals surface area contributed by atoms with Gasteiger partial charge in [0, 0.05) is 25.7 Å². The monoisotopic (exact) mass is 1390 g/mol. The summed E-state index contributed by atoms with van der Waals surface area (Å²) in [6, 6.07) is 0. The lowest BCUT2D eigenvalue weighted by molar-refractivity contribution is -0.161. The Morgan fingerprint density at radius 2 is 0.568 bits per heavy atom. The highest BCUT2D eigenvalue weighted by Crippen LogP contribution is 2.45. The maximum atomic E-state index is 13.1. The molecular formula is C76H144O17P2. The van der Waals surface area contributed by atoms with Crippen LogP contribution in [0.4, 0.5) is 0 Å². The molecule has 2 unspecified atom stereocenters. The largest absolute Gasteiger partial charge is 0.472 e. The summed E-state index contributed by atoms with van der Waals surface area (Å²) < 4.78 is 68.5. The summed E-state index contributed by atoms with van der Waals surface area (Å²) in [6.07, 6.45) is 57.8. The molecule has 17 nitrogen and oxygen atoms in total. The van der Waals surface area contributed by atoms with Crippen LogP contribution in [0.25, 0.3) is 0 Å². The number of ether oxygens (including phenoxy) is 4. The molecule has 95 heavy (non-hydrogen) atoms. The molecule has 0 aliphatic rings. The Kier molecular flexibility index (Phi) is 65.6. The highest BCUT2D eigenvalue weighted by molar-refractivity contribution is 7.47. The fourth-order valence-corrected chi connectivity index (χ4v) is 12.7.